The Morgan fingerprint density at radius 2 is 2.04 bits per heavy atom. The van der Waals surface area contributed by atoms with E-state index in [9.17, 15) is 14.9 Å². The van der Waals surface area contributed by atoms with Gasteiger partial charge in [-0.05, 0) is 39.7 Å². The molecule has 28 heavy (non-hydrogen) atoms. The van der Waals surface area contributed by atoms with E-state index in [1.165, 1.54) is 12.1 Å². The third-order valence-corrected chi connectivity index (χ3v) is 4.10. The average molecular weight is 391 g/mol. The van der Waals surface area contributed by atoms with Gasteiger partial charge in [-0.2, -0.15) is 0 Å². The molecular weight excluding hydrogens is 362 g/mol. The lowest BCUT2D eigenvalue weighted by molar-refractivity contribution is -0.384. The van der Waals surface area contributed by atoms with Crippen LogP contribution in [0.4, 0.5) is 10.5 Å². The number of nitrogens with zero attached hydrogens (tertiary/aromatic N) is 3. The van der Waals surface area contributed by atoms with E-state index in [0.717, 1.165) is 31.0 Å². The lowest BCUT2D eigenvalue weighted by atomic mass is 10.2. The fourth-order valence-electron chi connectivity index (χ4n) is 2.86. The smallest absolute Gasteiger partial charge is 0.407 e. The molecule has 0 bridgehead atoms. The van der Waals surface area contributed by atoms with Crippen molar-refractivity contribution in [2.75, 3.05) is 19.6 Å². The molecule has 0 radical (unpaired) electrons. The molecule has 0 aliphatic carbocycles. The monoisotopic (exact) mass is 391 g/mol. The molecule has 1 saturated heterocycles. The molecule has 1 aliphatic heterocycles. The van der Waals surface area contributed by atoms with Gasteiger partial charge < -0.3 is 20.3 Å². The molecule has 1 amide bonds. The molecule has 2 N–H and O–H groups in total. The molecule has 1 aromatic carbocycles. The highest BCUT2D eigenvalue weighted by Crippen LogP contribution is 2.14. The number of hydrogen-bond donors (Lipinski definition) is 2. The van der Waals surface area contributed by atoms with Gasteiger partial charge in [-0.25, -0.2) is 9.79 Å². The van der Waals surface area contributed by atoms with Gasteiger partial charge in [0.1, 0.15) is 5.60 Å². The van der Waals surface area contributed by atoms with Gasteiger partial charge in [0.05, 0.1) is 17.5 Å². The number of hydrogen-bond acceptors (Lipinski definition) is 5. The number of nitro groups is 1. The molecule has 1 aromatic rings. The Morgan fingerprint density at radius 1 is 1.36 bits per heavy atom. The van der Waals surface area contributed by atoms with Crippen LogP contribution in [0.15, 0.2) is 29.3 Å². The molecule has 1 aliphatic rings. The van der Waals surface area contributed by atoms with Crippen molar-refractivity contribution < 1.29 is 14.5 Å². The highest BCUT2D eigenvalue weighted by atomic mass is 16.6. The molecule has 154 valence electrons. The fourth-order valence-corrected chi connectivity index (χ4v) is 2.86. The number of likely N-dealkylation sites (tertiary alicyclic amines) is 1. The molecule has 2 rings (SSSR count). The second-order valence-corrected chi connectivity index (χ2v) is 7.67. The Kier molecular flexibility index (Phi) is 7.19. The number of aliphatic imine (C=N–C) groups is 1. The largest absolute Gasteiger partial charge is 0.444 e. The van der Waals surface area contributed by atoms with Gasteiger partial charge in [-0.3, -0.25) is 10.1 Å². The zero-order valence-electron chi connectivity index (χ0n) is 16.9. The molecule has 1 unspecified atom stereocenters. The quantitative estimate of drug-likeness (QED) is 0.346. The van der Waals surface area contributed by atoms with Crippen LogP contribution in [0.3, 0.4) is 0 Å². The molecular formula is C19H29N5O4. The first-order valence-electron chi connectivity index (χ1n) is 9.44. The average Bonchev–Trinajstić information content (AvgIpc) is 3.05. The number of benzene rings is 1. The summed E-state index contributed by atoms with van der Waals surface area (Å²) in [7, 11) is 0. The van der Waals surface area contributed by atoms with Crippen molar-refractivity contribution in [3.8, 4) is 0 Å². The van der Waals surface area contributed by atoms with Crippen LogP contribution in [0.1, 0.15) is 39.7 Å². The predicted octanol–water partition coefficient (Wildman–Crippen LogP) is 2.66. The van der Waals surface area contributed by atoms with Crippen LogP contribution in [-0.4, -0.2) is 53.2 Å². The zero-order valence-corrected chi connectivity index (χ0v) is 16.9. The zero-order chi connectivity index (χ0) is 20.7. The van der Waals surface area contributed by atoms with Crippen LogP contribution in [0, 0.1) is 10.1 Å². The second kappa shape index (κ2) is 9.38. The summed E-state index contributed by atoms with van der Waals surface area (Å²) in [4.78, 5) is 29.0. The Balaban J connectivity index is 1.95. The molecule has 1 fully saturated rings. The summed E-state index contributed by atoms with van der Waals surface area (Å²) < 4.78 is 5.31. The maximum absolute atomic E-state index is 12.0. The van der Waals surface area contributed by atoms with Gasteiger partial charge in [0.15, 0.2) is 5.96 Å². The first-order valence-corrected chi connectivity index (χ1v) is 9.44. The van der Waals surface area contributed by atoms with E-state index in [2.05, 4.69) is 20.5 Å². The van der Waals surface area contributed by atoms with E-state index >= 15 is 0 Å². The van der Waals surface area contributed by atoms with Crippen molar-refractivity contribution >= 4 is 17.7 Å². The van der Waals surface area contributed by atoms with Crippen LogP contribution in [0.5, 0.6) is 0 Å². The van der Waals surface area contributed by atoms with Crippen LogP contribution in [0.2, 0.25) is 0 Å². The van der Waals surface area contributed by atoms with E-state index in [4.69, 9.17) is 4.74 Å². The molecule has 0 saturated carbocycles. The maximum atomic E-state index is 12.0. The number of rotatable bonds is 5. The topological polar surface area (TPSA) is 109 Å². The number of nitrogens with one attached hydrogen (secondary N) is 2. The van der Waals surface area contributed by atoms with Gasteiger partial charge in [-0.1, -0.05) is 12.1 Å². The van der Waals surface area contributed by atoms with Gasteiger partial charge in [-0.15, -0.1) is 0 Å². The van der Waals surface area contributed by atoms with Gasteiger partial charge in [0.2, 0.25) is 0 Å². The lowest BCUT2D eigenvalue weighted by Gasteiger charge is -2.23. The fraction of sp³-hybridized carbons (Fsp3) is 0.579. The summed E-state index contributed by atoms with van der Waals surface area (Å²) >= 11 is 0. The van der Waals surface area contributed by atoms with Crippen molar-refractivity contribution in [3.63, 3.8) is 0 Å². The number of guanidine groups is 1. The molecule has 0 spiro atoms. The Morgan fingerprint density at radius 3 is 2.61 bits per heavy atom. The number of ether oxygens (including phenoxy) is 1. The normalized spacial score (nSPS) is 17.4. The second-order valence-electron chi connectivity index (χ2n) is 7.67. The summed E-state index contributed by atoms with van der Waals surface area (Å²) in [5, 5.41) is 16.9. The van der Waals surface area contributed by atoms with Gasteiger partial charge in [0, 0.05) is 31.8 Å². The summed E-state index contributed by atoms with van der Waals surface area (Å²) in [5.41, 5.74) is 0.433. The minimum atomic E-state index is -0.524. The molecule has 1 heterocycles. The highest BCUT2D eigenvalue weighted by molar-refractivity contribution is 5.80. The van der Waals surface area contributed by atoms with Crippen molar-refractivity contribution in [2.24, 2.45) is 4.99 Å². The number of alkyl carbamates (subject to hydrolysis) is 1. The number of non-ortho nitro benzene ring substituents is 1. The number of nitro benzene ring substituents is 1. The Labute approximate surface area is 165 Å². The molecule has 9 heteroatoms. The first kappa shape index (κ1) is 21.5. The van der Waals surface area contributed by atoms with E-state index in [1.54, 1.807) is 12.1 Å². The standard InChI is InChI=1S/C19H29N5O4/c1-5-20-17(21-12-14-6-8-16(9-7-14)24(26)27)23-11-10-15(13-23)22-18(25)28-19(2,3)4/h6-9,15H,5,10-13H2,1-4H3,(H,20,21)(H,22,25). The van der Waals surface area contributed by atoms with Crippen LogP contribution < -0.4 is 10.6 Å². The minimum Gasteiger partial charge on any atom is -0.444 e. The lowest BCUT2D eigenvalue weighted by Crippen LogP contribution is -2.44. The van der Waals surface area contributed by atoms with Crippen molar-refractivity contribution in [1.29, 1.82) is 0 Å². The number of carbonyl (C=O) groups excluding carboxylic acids is 1. The predicted molar refractivity (Wildman–Crippen MR) is 107 cm³/mol. The Bertz CT molecular complexity index is 712. The summed E-state index contributed by atoms with van der Waals surface area (Å²) in [6.07, 6.45) is 0.397. The van der Waals surface area contributed by atoms with E-state index in [0.29, 0.717) is 13.1 Å². The van der Waals surface area contributed by atoms with Crippen LogP contribution in [-0.2, 0) is 11.3 Å². The van der Waals surface area contributed by atoms with Crippen molar-refractivity contribution in [1.82, 2.24) is 15.5 Å². The molecule has 1 atom stereocenters. The molecule has 0 aromatic heterocycles. The summed E-state index contributed by atoms with van der Waals surface area (Å²) in [5.74, 6) is 0.759. The third kappa shape index (κ3) is 6.71. The third-order valence-electron chi connectivity index (χ3n) is 4.10. The first-order chi connectivity index (χ1) is 13.2. The minimum absolute atomic E-state index is 0.00178. The van der Waals surface area contributed by atoms with Crippen molar-refractivity contribution in [3.05, 3.63) is 39.9 Å². The van der Waals surface area contributed by atoms with Crippen molar-refractivity contribution in [2.45, 2.75) is 52.3 Å². The van der Waals surface area contributed by atoms with Gasteiger partial charge >= 0.3 is 6.09 Å². The summed E-state index contributed by atoms with van der Waals surface area (Å²) in [6.45, 7) is 10.1. The van der Waals surface area contributed by atoms with Crippen LogP contribution in [0.25, 0.3) is 0 Å². The highest BCUT2D eigenvalue weighted by Gasteiger charge is 2.27. The maximum Gasteiger partial charge on any atom is 0.407 e. The summed E-state index contributed by atoms with van der Waals surface area (Å²) in [6, 6.07) is 6.38. The van der Waals surface area contributed by atoms with E-state index < -0.39 is 16.6 Å². The number of amides is 1. The SMILES string of the molecule is CCNC(=NCc1ccc([N+](=O)[O-])cc1)N1CCC(NC(=O)OC(C)(C)C)C1. The van der Waals surface area contributed by atoms with Crippen LogP contribution >= 0.6 is 0 Å². The molecule has 9 nitrogen and oxygen atoms in total. The Hall–Kier alpha value is -2.84. The van der Waals surface area contributed by atoms with Gasteiger partial charge in [0.25, 0.3) is 5.69 Å². The van der Waals surface area contributed by atoms with E-state index in [1.807, 2.05) is 27.7 Å². The van der Waals surface area contributed by atoms with E-state index in [-0.39, 0.29) is 11.7 Å². The number of carbonyl (C=O) groups is 1.